The summed E-state index contributed by atoms with van der Waals surface area (Å²) in [6, 6.07) is 0. The van der Waals surface area contributed by atoms with E-state index in [0.717, 1.165) is 0 Å². The first-order valence-corrected chi connectivity index (χ1v) is 15.1. The van der Waals surface area contributed by atoms with E-state index in [9.17, 15) is 29.4 Å². The van der Waals surface area contributed by atoms with Crippen LogP contribution < -0.4 is 5.32 Å². The van der Waals surface area contributed by atoms with Gasteiger partial charge in [0.05, 0.1) is 6.10 Å². The summed E-state index contributed by atoms with van der Waals surface area (Å²) in [7, 11) is 0. The quantitative estimate of drug-likeness (QED) is 0.283. The van der Waals surface area contributed by atoms with Crippen LogP contribution in [0.4, 0.5) is 9.18 Å². The molecule has 3 fully saturated rings. The minimum atomic E-state index is -2.06. The molecule has 0 saturated heterocycles. The monoisotopic (exact) mass is 591 g/mol. The van der Waals surface area contributed by atoms with Crippen LogP contribution in [0.1, 0.15) is 86.5 Å². The molecule has 0 aliphatic heterocycles. The van der Waals surface area contributed by atoms with E-state index in [-0.39, 0.29) is 18.6 Å². The van der Waals surface area contributed by atoms with Crippen LogP contribution in [0.25, 0.3) is 0 Å². The largest absolute Gasteiger partial charge is 0.458 e. The van der Waals surface area contributed by atoms with Gasteiger partial charge in [-0.05, 0) is 90.2 Å². The predicted octanol–water partition coefficient (Wildman–Crippen LogP) is 4.14. The smallest absolute Gasteiger partial charge is 0.407 e. The van der Waals surface area contributed by atoms with E-state index in [2.05, 4.69) is 5.32 Å². The van der Waals surface area contributed by atoms with Gasteiger partial charge >= 0.3 is 12.1 Å². The number of unbranched alkanes of at least 4 members (excludes halogenated alkanes) is 1. The molecule has 0 aromatic rings. The number of alkyl halides is 1. The zero-order valence-corrected chi connectivity index (χ0v) is 25.6. The number of hydrogen-bond donors (Lipinski definition) is 3. The van der Waals surface area contributed by atoms with Gasteiger partial charge in [0.15, 0.2) is 18.1 Å². The van der Waals surface area contributed by atoms with E-state index in [1.54, 1.807) is 47.6 Å². The second-order valence-electron chi connectivity index (χ2n) is 14.1. The number of rotatable bonds is 8. The molecular weight excluding hydrogens is 545 g/mol. The SMILES string of the molecule is C[C@H]1C[C@H]2[C@@H]3CCC4=CC(=O)C=C[C@]4(C)[C@@]3(F)[C@@H](O)C[C@]2(C)[C@@]1(O)C(=O)COC(=O)CCCCNC(=O)OC(C)(C)C. The lowest BCUT2D eigenvalue weighted by Gasteiger charge is -2.62. The molecule has 0 unspecified atom stereocenters. The van der Waals surface area contributed by atoms with Gasteiger partial charge in [-0.2, -0.15) is 0 Å². The Bertz CT molecular complexity index is 1190. The third-order valence-electron chi connectivity index (χ3n) is 10.5. The number of halogens is 1. The summed E-state index contributed by atoms with van der Waals surface area (Å²) >= 11 is 0. The molecule has 4 aliphatic rings. The van der Waals surface area contributed by atoms with Crippen LogP contribution >= 0.6 is 0 Å². The number of nitrogens with one attached hydrogen (secondary N) is 1. The van der Waals surface area contributed by atoms with Crippen LogP contribution in [-0.2, 0) is 23.9 Å². The maximum Gasteiger partial charge on any atom is 0.407 e. The fourth-order valence-electron chi connectivity index (χ4n) is 8.37. The lowest BCUT2D eigenvalue weighted by molar-refractivity contribution is -0.220. The summed E-state index contributed by atoms with van der Waals surface area (Å²) in [5.41, 5.74) is -6.19. The van der Waals surface area contributed by atoms with Crippen LogP contribution in [0.3, 0.4) is 0 Å². The normalized spacial score (nSPS) is 39.0. The predicted molar refractivity (Wildman–Crippen MR) is 152 cm³/mol. The first kappa shape index (κ1) is 32.3. The standard InChI is InChI=1S/C32H46FNO8/c1-19-15-23-22-11-10-20-16-21(35)12-13-29(20,5)31(22,33)24(36)17-30(23,6)32(19,40)25(37)18-41-26(38)9-7-8-14-34-27(39)42-28(2,3)4/h12-13,16,19,22-24,36,40H,7-11,14-15,17-18H2,1-6H3,(H,34,39)/t19-,22-,23-,24-,29-,30-,31-,32-/m0/s1. The maximum absolute atomic E-state index is 17.3. The molecule has 0 spiro atoms. The number of ether oxygens (including phenoxy) is 2. The molecule has 42 heavy (non-hydrogen) atoms. The number of aliphatic hydroxyl groups is 2. The highest BCUT2D eigenvalue weighted by Gasteiger charge is 2.75. The first-order valence-electron chi connectivity index (χ1n) is 15.1. The van der Waals surface area contributed by atoms with Crippen molar-refractivity contribution < 1.29 is 43.3 Å². The number of carbonyl (C=O) groups is 4. The highest BCUT2D eigenvalue weighted by Crippen LogP contribution is 2.70. The van der Waals surface area contributed by atoms with E-state index in [1.807, 2.05) is 0 Å². The number of aliphatic hydroxyl groups excluding tert-OH is 1. The number of fused-ring (bicyclic) bond motifs is 5. The Morgan fingerprint density at radius 2 is 1.86 bits per heavy atom. The molecule has 3 N–H and O–H groups in total. The second kappa shape index (κ2) is 11.2. The zero-order chi connectivity index (χ0) is 31.3. The average molecular weight is 592 g/mol. The van der Waals surface area contributed by atoms with E-state index in [4.69, 9.17) is 9.47 Å². The van der Waals surface area contributed by atoms with Gasteiger partial charge in [0.2, 0.25) is 5.78 Å². The Kier molecular flexibility index (Phi) is 8.59. The maximum atomic E-state index is 17.3. The first-order chi connectivity index (χ1) is 19.4. The lowest BCUT2D eigenvalue weighted by atomic mass is 9.44. The Morgan fingerprint density at radius 3 is 2.52 bits per heavy atom. The van der Waals surface area contributed by atoms with E-state index in [0.29, 0.717) is 44.2 Å². The number of allylic oxidation sites excluding steroid dienone is 4. The number of carbonyl (C=O) groups excluding carboxylic acids is 4. The molecule has 9 nitrogen and oxygen atoms in total. The van der Waals surface area contributed by atoms with E-state index in [1.165, 1.54) is 12.2 Å². The Labute approximate surface area is 247 Å². The highest BCUT2D eigenvalue weighted by atomic mass is 19.1. The number of alkyl carbamates (subject to hydrolysis) is 1. The second-order valence-corrected chi connectivity index (χ2v) is 14.1. The molecule has 4 rings (SSSR count). The molecule has 234 valence electrons. The van der Waals surface area contributed by atoms with Gasteiger partial charge in [0, 0.05) is 29.7 Å². The number of hydrogen-bond acceptors (Lipinski definition) is 8. The molecule has 8 atom stereocenters. The van der Waals surface area contributed by atoms with Crippen LogP contribution in [0.5, 0.6) is 0 Å². The molecule has 1 amide bonds. The summed E-state index contributed by atoms with van der Waals surface area (Å²) in [5, 5.41) is 26.1. The zero-order valence-electron chi connectivity index (χ0n) is 25.6. The van der Waals surface area contributed by atoms with Crippen LogP contribution in [-0.4, -0.2) is 70.0 Å². The molecule has 10 heteroatoms. The van der Waals surface area contributed by atoms with Gasteiger partial charge in [0.25, 0.3) is 0 Å². The van der Waals surface area contributed by atoms with Crippen LogP contribution in [0.15, 0.2) is 23.8 Å². The van der Waals surface area contributed by atoms with Gasteiger partial charge in [-0.1, -0.05) is 25.5 Å². The van der Waals surface area contributed by atoms with E-state index >= 15 is 4.39 Å². The number of ketones is 2. The Hall–Kier alpha value is -2.59. The lowest BCUT2D eigenvalue weighted by Crippen LogP contribution is -2.69. The molecule has 0 heterocycles. The van der Waals surface area contributed by atoms with E-state index < -0.39 is 76.0 Å². The van der Waals surface area contributed by atoms with Crippen molar-refractivity contribution in [2.45, 2.75) is 109 Å². The van der Waals surface area contributed by atoms with Crippen molar-refractivity contribution in [1.29, 1.82) is 0 Å². The van der Waals surface area contributed by atoms with Gasteiger partial charge in [0.1, 0.15) is 11.2 Å². The number of esters is 1. The third-order valence-corrected chi connectivity index (χ3v) is 10.5. The Balaban J connectivity index is 1.38. The Morgan fingerprint density at radius 1 is 1.17 bits per heavy atom. The minimum Gasteiger partial charge on any atom is -0.458 e. The van der Waals surface area contributed by atoms with Crippen molar-refractivity contribution in [1.82, 2.24) is 5.32 Å². The van der Waals surface area contributed by atoms with Crippen molar-refractivity contribution in [2.75, 3.05) is 13.2 Å². The van der Waals surface area contributed by atoms with Gasteiger partial charge in [-0.15, -0.1) is 0 Å². The van der Waals surface area contributed by atoms with Crippen molar-refractivity contribution in [2.24, 2.45) is 28.6 Å². The summed E-state index contributed by atoms with van der Waals surface area (Å²) in [6.07, 6.45) is 4.49. The fourth-order valence-corrected chi connectivity index (χ4v) is 8.37. The number of Topliss-reactive ketones (excluding diaryl/α,β-unsaturated/α-hetero) is 1. The summed E-state index contributed by atoms with van der Waals surface area (Å²) in [5.74, 6) is -3.01. The van der Waals surface area contributed by atoms with Crippen molar-refractivity contribution in [3.05, 3.63) is 23.8 Å². The molecule has 4 aliphatic carbocycles. The van der Waals surface area contributed by atoms with Crippen molar-refractivity contribution in [3.8, 4) is 0 Å². The molecular formula is C32H46FNO8. The molecule has 0 aromatic carbocycles. The fraction of sp³-hybridized carbons (Fsp3) is 0.750. The number of amides is 1. The van der Waals surface area contributed by atoms with Gasteiger partial charge < -0.3 is 25.0 Å². The van der Waals surface area contributed by atoms with Crippen molar-refractivity contribution in [3.63, 3.8) is 0 Å². The van der Waals surface area contributed by atoms with Gasteiger partial charge in [-0.3, -0.25) is 14.4 Å². The average Bonchev–Trinajstić information content (AvgIpc) is 3.08. The summed E-state index contributed by atoms with van der Waals surface area (Å²) < 4.78 is 27.7. The van der Waals surface area contributed by atoms with Crippen molar-refractivity contribution >= 4 is 23.6 Å². The molecule has 0 aromatic heterocycles. The summed E-state index contributed by atoms with van der Waals surface area (Å²) in [4.78, 5) is 49.7. The highest BCUT2D eigenvalue weighted by molar-refractivity contribution is 6.01. The molecule has 0 bridgehead atoms. The van der Waals surface area contributed by atoms with Gasteiger partial charge in [-0.25, -0.2) is 9.18 Å². The van der Waals surface area contributed by atoms with Crippen LogP contribution in [0.2, 0.25) is 0 Å². The summed E-state index contributed by atoms with van der Waals surface area (Å²) in [6.45, 7) is 10.2. The third kappa shape index (κ3) is 5.23. The minimum absolute atomic E-state index is 0.0345. The topological polar surface area (TPSA) is 139 Å². The molecule has 3 saturated carbocycles. The van der Waals surface area contributed by atoms with Crippen LogP contribution in [0, 0.1) is 28.6 Å². The molecule has 0 radical (unpaired) electrons.